The lowest BCUT2D eigenvalue weighted by Crippen LogP contribution is -2.43. The first-order valence-electron chi connectivity index (χ1n) is 6.48. The van der Waals surface area contributed by atoms with Gasteiger partial charge in [0, 0.05) is 6.04 Å². The SMILES string of the molecule is CC(C)n1ncc(Cl)c1C(=O)C(C)(N)c1ccccc1. The van der Waals surface area contributed by atoms with Gasteiger partial charge in [-0.05, 0) is 26.3 Å². The maximum Gasteiger partial charge on any atom is 0.206 e. The zero-order valence-electron chi connectivity index (χ0n) is 11.8. The molecule has 0 aliphatic heterocycles. The molecule has 106 valence electrons. The summed E-state index contributed by atoms with van der Waals surface area (Å²) in [5.41, 5.74) is 6.22. The maximum atomic E-state index is 12.8. The lowest BCUT2D eigenvalue weighted by molar-refractivity contribution is 0.0887. The fraction of sp³-hybridized carbons (Fsp3) is 0.333. The molecule has 1 aromatic carbocycles. The third-order valence-corrected chi connectivity index (χ3v) is 3.58. The molecule has 0 bridgehead atoms. The molecule has 0 saturated heterocycles. The van der Waals surface area contributed by atoms with Gasteiger partial charge in [-0.15, -0.1) is 0 Å². The third kappa shape index (κ3) is 2.49. The van der Waals surface area contributed by atoms with Gasteiger partial charge in [0.2, 0.25) is 5.78 Å². The lowest BCUT2D eigenvalue weighted by atomic mass is 9.87. The molecule has 2 N–H and O–H groups in total. The standard InChI is InChI=1S/C15H18ClN3O/c1-10(2)19-13(12(16)9-18-19)14(20)15(3,17)11-7-5-4-6-8-11/h4-10H,17H2,1-3H3. The van der Waals surface area contributed by atoms with Crippen LogP contribution in [-0.2, 0) is 5.54 Å². The number of carbonyl (C=O) groups is 1. The summed E-state index contributed by atoms with van der Waals surface area (Å²) in [5.74, 6) is -0.236. The van der Waals surface area contributed by atoms with Crippen molar-refractivity contribution in [3.05, 3.63) is 52.8 Å². The van der Waals surface area contributed by atoms with Crippen LogP contribution in [0.1, 0.15) is 42.9 Å². The van der Waals surface area contributed by atoms with Gasteiger partial charge in [0.05, 0.1) is 11.2 Å². The minimum Gasteiger partial charge on any atom is -0.315 e. The van der Waals surface area contributed by atoms with Crippen LogP contribution in [0.2, 0.25) is 5.02 Å². The van der Waals surface area contributed by atoms with E-state index >= 15 is 0 Å². The fourth-order valence-corrected chi connectivity index (χ4v) is 2.32. The molecule has 0 radical (unpaired) electrons. The smallest absolute Gasteiger partial charge is 0.206 e. The van der Waals surface area contributed by atoms with Crippen LogP contribution >= 0.6 is 11.6 Å². The zero-order valence-corrected chi connectivity index (χ0v) is 12.6. The van der Waals surface area contributed by atoms with Crippen LogP contribution in [0.15, 0.2) is 36.5 Å². The Morgan fingerprint density at radius 1 is 1.35 bits per heavy atom. The van der Waals surface area contributed by atoms with Crippen molar-refractivity contribution in [3.63, 3.8) is 0 Å². The van der Waals surface area contributed by atoms with Gasteiger partial charge in [0.25, 0.3) is 0 Å². The van der Waals surface area contributed by atoms with Gasteiger partial charge in [-0.3, -0.25) is 9.48 Å². The summed E-state index contributed by atoms with van der Waals surface area (Å²) in [5, 5.41) is 4.48. The molecule has 5 heteroatoms. The van der Waals surface area contributed by atoms with Crippen LogP contribution in [-0.4, -0.2) is 15.6 Å². The van der Waals surface area contributed by atoms with Crippen molar-refractivity contribution < 1.29 is 4.79 Å². The fourth-order valence-electron chi connectivity index (χ4n) is 2.11. The van der Waals surface area contributed by atoms with E-state index in [9.17, 15) is 4.79 Å². The number of Topliss-reactive ketones (excluding diaryl/α,β-unsaturated/α-hetero) is 1. The summed E-state index contributed by atoms with van der Waals surface area (Å²) in [6.07, 6.45) is 1.48. The van der Waals surface area contributed by atoms with E-state index in [1.165, 1.54) is 6.20 Å². The average Bonchev–Trinajstić information content (AvgIpc) is 2.80. The molecule has 1 atom stereocenters. The molecule has 1 aromatic heterocycles. The van der Waals surface area contributed by atoms with Crippen LogP contribution in [0.5, 0.6) is 0 Å². The molecule has 2 aromatic rings. The van der Waals surface area contributed by atoms with Crippen molar-refractivity contribution in [3.8, 4) is 0 Å². The molecule has 0 aliphatic carbocycles. The molecule has 0 amide bonds. The maximum absolute atomic E-state index is 12.8. The Balaban J connectivity index is 2.49. The number of carbonyl (C=O) groups excluding carboxylic acids is 1. The summed E-state index contributed by atoms with van der Waals surface area (Å²) in [7, 11) is 0. The molecule has 0 spiro atoms. The Labute approximate surface area is 123 Å². The van der Waals surface area contributed by atoms with Crippen LogP contribution in [0, 0.1) is 0 Å². The molecule has 1 heterocycles. The van der Waals surface area contributed by atoms with E-state index in [1.54, 1.807) is 11.6 Å². The molecule has 0 saturated carbocycles. The predicted molar refractivity (Wildman–Crippen MR) is 79.9 cm³/mol. The molecule has 2 rings (SSSR count). The second kappa shape index (κ2) is 5.38. The summed E-state index contributed by atoms with van der Waals surface area (Å²) in [6.45, 7) is 5.58. The van der Waals surface area contributed by atoms with Crippen molar-refractivity contribution in [1.82, 2.24) is 9.78 Å². The van der Waals surface area contributed by atoms with Gasteiger partial charge in [-0.2, -0.15) is 5.10 Å². The Hall–Kier alpha value is -1.65. The first-order valence-corrected chi connectivity index (χ1v) is 6.85. The highest BCUT2D eigenvalue weighted by Crippen LogP contribution is 2.28. The summed E-state index contributed by atoms with van der Waals surface area (Å²) >= 11 is 6.12. The minimum atomic E-state index is -1.14. The largest absolute Gasteiger partial charge is 0.315 e. The van der Waals surface area contributed by atoms with Crippen LogP contribution in [0.3, 0.4) is 0 Å². The number of rotatable bonds is 4. The zero-order chi connectivity index (χ0) is 14.9. The summed E-state index contributed by atoms with van der Waals surface area (Å²) in [4.78, 5) is 12.8. The summed E-state index contributed by atoms with van der Waals surface area (Å²) in [6, 6.07) is 9.30. The number of aromatic nitrogens is 2. The van der Waals surface area contributed by atoms with Gasteiger partial charge < -0.3 is 5.73 Å². The van der Waals surface area contributed by atoms with Gasteiger partial charge in [-0.25, -0.2) is 0 Å². The number of halogens is 1. The highest BCUT2D eigenvalue weighted by atomic mass is 35.5. The Morgan fingerprint density at radius 3 is 2.50 bits per heavy atom. The summed E-state index contributed by atoms with van der Waals surface area (Å²) < 4.78 is 1.61. The Kier molecular flexibility index (Phi) is 3.97. The Bertz CT molecular complexity index is 617. The second-order valence-electron chi connectivity index (χ2n) is 5.28. The van der Waals surface area contributed by atoms with E-state index in [4.69, 9.17) is 17.3 Å². The molecule has 0 fully saturated rings. The molecular formula is C15H18ClN3O. The molecular weight excluding hydrogens is 274 g/mol. The number of nitrogens with zero attached hydrogens (tertiary/aromatic N) is 2. The van der Waals surface area contributed by atoms with Crippen molar-refractivity contribution in [1.29, 1.82) is 0 Å². The van der Waals surface area contributed by atoms with Crippen molar-refractivity contribution in [2.45, 2.75) is 32.4 Å². The Morgan fingerprint density at radius 2 is 1.95 bits per heavy atom. The van der Waals surface area contributed by atoms with Crippen LogP contribution in [0.25, 0.3) is 0 Å². The van der Waals surface area contributed by atoms with Crippen molar-refractivity contribution in [2.75, 3.05) is 0 Å². The number of ketones is 1. The highest BCUT2D eigenvalue weighted by Gasteiger charge is 2.35. The van der Waals surface area contributed by atoms with E-state index in [-0.39, 0.29) is 11.8 Å². The van der Waals surface area contributed by atoms with Gasteiger partial charge in [-0.1, -0.05) is 41.9 Å². The number of hydrogen-bond acceptors (Lipinski definition) is 3. The van der Waals surface area contributed by atoms with Gasteiger partial charge in [0.15, 0.2) is 0 Å². The lowest BCUT2D eigenvalue weighted by Gasteiger charge is -2.24. The number of hydrogen-bond donors (Lipinski definition) is 1. The highest BCUT2D eigenvalue weighted by molar-refractivity contribution is 6.34. The van der Waals surface area contributed by atoms with E-state index in [0.717, 1.165) is 5.56 Å². The van der Waals surface area contributed by atoms with Gasteiger partial charge in [0.1, 0.15) is 11.2 Å². The van der Waals surface area contributed by atoms with Crippen LogP contribution in [0.4, 0.5) is 0 Å². The molecule has 1 unspecified atom stereocenters. The number of nitrogens with two attached hydrogens (primary N) is 1. The molecule has 4 nitrogen and oxygen atoms in total. The minimum absolute atomic E-state index is 0.0352. The average molecular weight is 292 g/mol. The number of benzene rings is 1. The molecule has 0 aliphatic rings. The van der Waals surface area contributed by atoms with E-state index < -0.39 is 5.54 Å². The van der Waals surface area contributed by atoms with Gasteiger partial charge >= 0.3 is 0 Å². The van der Waals surface area contributed by atoms with Crippen LogP contribution < -0.4 is 5.73 Å². The second-order valence-corrected chi connectivity index (χ2v) is 5.68. The third-order valence-electron chi connectivity index (χ3n) is 3.30. The van der Waals surface area contributed by atoms with E-state index in [2.05, 4.69) is 5.10 Å². The topological polar surface area (TPSA) is 60.9 Å². The van der Waals surface area contributed by atoms with E-state index in [1.807, 2.05) is 44.2 Å². The van der Waals surface area contributed by atoms with Crippen molar-refractivity contribution in [2.24, 2.45) is 5.73 Å². The quantitative estimate of drug-likeness (QED) is 0.880. The predicted octanol–water partition coefficient (Wildman–Crippen LogP) is 3.17. The van der Waals surface area contributed by atoms with E-state index in [0.29, 0.717) is 10.7 Å². The monoisotopic (exact) mass is 291 g/mol. The first kappa shape index (κ1) is 14.8. The van der Waals surface area contributed by atoms with Crippen molar-refractivity contribution >= 4 is 17.4 Å². The first-order chi connectivity index (χ1) is 9.35. The normalized spacial score (nSPS) is 14.3. The molecule has 20 heavy (non-hydrogen) atoms.